The van der Waals surface area contributed by atoms with Gasteiger partial charge in [-0.25, -0.2) is 9.78 Å². The van der Waals surface area contributed by atoms with E-state index in [9.17, 15) is 9.59 Å². The number of hydrogen-bond donors (Lipinski definition) is 1. The number of aryl methyl sites for hydroxylation is 2. The van der Waals surface area contributed by atoms with Crippen LogP contribution in [-0.4, -0.2) is 27.9 Å². The summed E-state index contributed by atoms with van der Waals surface area (Å²) in [6.45, 7) is 7.59. The first-order valence-corrected chi connectivity index (χ1v) is 10.8. The average Bonchev–Trinajstić information content (AvgIpc) is 2.79. The number of nitrogens with zero attached hydrogens (tertiary/aromatic N) is 2. The van der Waals surface area contributed by atoms with E-state index in [0.717, 1.165) is 27.6 Å². The SMILES string of the molecule is Cc1cc(C)c2nc(-c3cccnc3)cc(C(=O)Nc3ccc(C(=O)OC(C)C)cc3)c2c1. The van der Waals surface area contributed by atoms with Gasteiger partial charge in [0.05, 0.1) is 28.4 Å². The Morgan fingerprint density at radius 1 is 1.00 bits per heavy atom. The number of pyridine rings is 2. The van der Waals surface area contributed by atoms with Crippen molar-refractivity contribution in [3.05, 3.63) is 89.2 Å². The van der Waals surface area contributed by atoms with E-state index in [1.54, 1.807) is 56.6 Å². The van der Waals surface area contributed by atoms with Gasteiger partial charge in [0.15, 0.2) is 0 Å². The van der Waals surface area contributed by atoms with Gasteiger partial charge in [0.1, 0.15) is 0 Å². The first kappa shape index (κ1) is 22.1. The maximum Gasteiger partial charge on any atom is 0.338 e. The molecule has 4 aromatic rings. The third kappa shape index (κ3) is 4.90. The summed E-state index contributed by atoms with van der Waals surface area (Å²) < 4.78 is 5.21. The number of rotatable bonds is 5. The van der Waals surface area contributed by atoms with Gasteiger partial charge in [0.2, 0.25) is 0 Å². The Kier molecular flexibility index (Phi) is 6.18. The molecule has 0 spiro atoms. The Labute approximate surface area is 192 Å². The van der Waals surface area contributed by atoms with Gasteiger partial charge in [-0.3, -0.25) is 9.78 Å². The molecule has 166 valence electrons. The molecule has 6 heteroatoms. The molecule has 0 aliphatic rings. The quantitative estimate of drug-likeness (QED) is 0.402. The monoisotopic (exact) mass is 439 g/mol. The van der Waals surface area contributed by atoms with E-state index in [-0.39, 0.29) is 12.0 Å². The second-order valence-corrected chi connectivity index (χ2v) is 8.26. The zero-order valence-electron chi connectivity index (χ0n) is 19.0. The van der Waals surface area contributed by atoms with Crippen molar-refractivity contribution in [2.75, 3.05) is 5.32 Å². The maximum atomic E-state index is 13.4. The smallest absolute Gasteiger partial charge is 0.338 e. The summed E-state index contributed by atoms with van der Waals surface area (Å²) >= 11 is 0. The highest BCUT2D eigenvalue weighted by molar-refractivity contribution is 6.13. The van der Waals surface area contributed by atoms with E-state index < -0.39 is 5.97 Å². The maximum absolute atomic E-state index is 13.4. The first-order chi connectivity index (χ1) is 15.8. The van der Waals surface area contributed by atoms with Crippen molar-refractivity contribution in [3.63, 3.8) is 0 Å². The van der Waals surface area contributed by atoms with Crippen molar-refractivity contribution in [1.29, 1.82) is 0 Å². The third-order valence-corrected chi connectivity index (χ3v) is 5.17. The summed E-state index contributed by atoms with van der Waals surface area (Å²) in [5, 5.41) is 3.73. The lowest BCUT2D eigenvalue weighted by atomic mass is 9.99. The second kappa shape index (κ2) is 9.20. The number of carbonyl (C=O) groups is 2. The van der Waals surface area contributed by atoms with E-state index in [1.807, 2.05) is 32.0 Å². The fourth-order valence-electron chi connectivity index (χ4n) is 3.70. The molecule has 0 saturated carbocycles. The zero-order chi connectivity index (χ0) is 23.5. The number of carbonyl (C=O) groups excluding carboxylic acids is 2. The average molecular weight is 440 g/mol. The van der Waals surface area contributed by atoms with Gasteiger partial charge in [0.25, 0.3) is 5.91 Å². The molecule has 0 saturated heterocycles. The molecular formula is C27H25N3O3. The number of aromatic nitrogens is 2. The molecule has 6 nitrogen and oxygen atoms in total. The minimum atomic E-state index is -0.393. The van der Waals surface area contributed by atoms with Crippen LogP contribution in [0.5, 0.6) is 0 Å². The molecule has 0 bridgehead atoms. The normalized spacial score (nSPS) is 10.9. The van der Waals surface area contributed by atoms with Crippen LogP contribution in [0.4, 0.5) is 5.69 Å². The molecular weight excluding hydrogens is 414 g/mol. The van der Waals surface area contributed by atoms with Gasteiger partial charge in [-0.15, -0.1) is 0 Å². The van der Waals surface area contributed by atoms with Gasteiger partial charge in [-0.05, 0) is 81.8 Å². The zero-order valence-corrected chi connectivity index (χ0v) is 19.0. The fourth-order valence-corrected chi connectivity index (χ4v) is 3.70. The summed E-state index contributed by atoms with van der Waals surface area (Å²) in [6, 6.07) is 16.2. The highest BCUT2D eigenvalue weighted by atomic mass is 16.5. The van der Waals surface area contributed by atoms with Crippen LogP contribution in [0.25, 0.3) is 22.2 Å². The molecule has 0 radical (unpaired) electrons. The third-order valence-electron chi connectivity index (χ3n) is 5.17. The van der Waals surface area contributed by atoms with Crippen LogP contribution >= 0.6 is 0 Å². The van der Waals surface area contributed by atoms with Gasteiger partial charge >= 0.3 is 5.97 Å². The van der Waals surface area contributed by atoms with Gasteiger partial charge in [-0.2, -0.15) is 0 Å². The first-order valence-electron chi connectivity index (χ1n) is 10.8. The molecule has 4 rings (SSSR count). The minimum absolute atomic E-state index is 0.197. The van der Waals surface area contributed by atoms with E-state index >= 15 is 0 Å². The Hall–Kier alpha value is -4.06. The molecule has 0 unspecified atom stereocenters. The lowest BCUT2D eigenvalue weighted by molar-refractivity contribution is 0.0378. The highest BCUT2D eigenvalue weighted by Crippen LogP contribution is 2.28. The Morgan fingerprint density at radius 3 is 2.42 bits per heavy atom. The Bertz CT molecular complexity index is 1330. The lowest BCUT2D eigenvalue weighted by Crippen LogP contribution is -2.14. The predicted molar refractivity (Wildman–Crippen MR) is 129 cm³/mol. The number of fused-ring (bicyclic) bond motifs is 1. The summed E-state index contributed by atoms with van der Waals surface area (Å²) in [6.07, 6.45) is 3.24. The van der Waals surface area contributed by atoms with Crippen molar-refractivity contribution in [2.45, 2.75) is 33.8 Å². The van der Waals surface area contributed by atoms with Crippen LogP contribution in [0, 0.1) is 13.8 Å². The van der Waals surface area contributed by atoms with Gasteiger partial charge in [-0.1, -0.05) is 11.6 Å². The van der Waals surface area contributed by atoms with Crippen molar-refractivity contribution in [3.8, 4) is 11.3 Å². The molecule has 2 aromatic heterocycles. The van der Waals surface area contributed by atoms with Crippen molar-refractivity contribution in [2.24, 2.45) is 0 Å². The summed E-state index contributed by atoms with van der Waals surface area (Å²) in [5.74, 6) is -0.648. The summed E-state index contributed by atoms with van der Waals surface area (Å²) in [7, 11) is 0. The fraction of sp³-hybridized carbons (Fsp3) is 0.185. The number of anilines is 1. The van der Waals surface area contributed by atoms with Crippen molar-refractivity contribution in [1.82, 2.24) is 9.97 Å². The second-order valence-electron chi connectivity index (χ2n) is 8.26. The van der Waals surface area contributed by atoms with Crippen molar-refractivity contribution >= 4 is 28.5 Å². The molecule has 0 atom stereocenters. The Balaban J connectivity index is 1.71. The van der Waals surface area contributed by atoms with E-state index in [2.05, 4.69) is 16.4 Å². The van der Waals surface area contributed by atoms with E-state index in [0.29, 0.717) is 22.5 Å². The summed E-state index contributed by atoms with van der Waals surface area (Å²) in [4.78, 5) is 34.4. The lowest BCUT2D eigenvalue weighted by Gasteiger charge is -2.13. The topological polar surface area (TPSA) is 81.2 Å². The number of hydrogen-bond acceptors (Lipinski definition) is 5. The van der Waals surface area contributed by atoms with Crippen LogP contribution in [0.15, 0.2) is 67.0 Å². The van der Waals surface area contributed by atoms with Crippen LogP contribution in [0.1, 0.15) is 45.7 Å². The van der Waals surface area contributed by atoms with E-state index in [4.69, 9.17) is 9.72 Å². The standard InChI is InChI=1S/C27H25N3O3/c1-16(2)33-27(32)19-7-9-21(10-8-19)29-26(31)23-14-24(20-6-5-11-28-15-20)30-25-18(4)12-17(3)13-22(23)25/h5-16H,1-4H3,(H,29,31). The largest absolute Gasteiger partial charge is 0.459 e. The molecule has 0 fully saturated rings. The number of ether oxygens (including phenoxy) is 1. The number of nitrogens with one attached hydrogen (secondary N) is 1. The minimum Gasteiger partial charge on any atom is -0.459 e. The summed E-state index contributed by atoms with van der Waals surface area (Å²) in [5.41, 5.74) is 5.88. The van der Waals surface area contributed by atoms with E-state index in [1.165, 1.54) is 0 Å². The predicted octanol–water partition coefficient (Wildman–Crippen LogP) is 5.73. The number of benzene rings is 2. The molecule has 1 amide bonds. The number of esters is 1. The van der Waals surface area contributed by atoms with Gasteiger partial charge in [0, 0.05) is 29.0 Å². The molecule has 1 N–H and O–H groups in total. The van der Waals surface area contributed by atoms with Crippen LogP contribution < -0.4 is 5.32 Å². The van der Waals surface area contributed by atoms with Crippen LogP contribution in [-0.2, 0) is 4.74 Å². The molecule has 0 aliphatic heterocycles. The molecule has 0 aliphatic carbocycles. The van der Waals surface area contributed by atoms with Crippen LogP contribution in [0.2, 0.25) is 0 Å². The van der Waals surface area contributed by atoms with Gasteiger partial charge < -0.3 is 10.1 Å². The Morgan fingerprint density at radius 2 is 1.76 bits per heavy atom. The molecule has 2 aromatic carbocycles. The molecule has 2 heterocycles. The highest BCUT2D eigenvalue weighted by Gasteiger charge is 2.17. The number of amides is 1. The van der Waals surface area contributed by atoms with Crippen LogP contribution in [0.3, 0.4) is 0 Å². The molecule has 33 heavy (non-hydrogen) atoms. The van der Waals surface area contributed by atoms with Crippen molar-refractivity contribution < 1.29 is 14.3 Å².